The first-order valence-corrected chi connectivity index (χ1v) is 16.7. The predicted molar refractivity (Wildman–Crippen MR) is 201 cm³/mol. The van der Waals surface area contributed by atoms with E-state index in [-0.39, 0.29) is 11.6 Å². The van der Waals surface area contributed by atoms with Crippen molar-refractivity contribution >= 4 is 49.2 Å². The molecule has 0 saturated carbocycles. The fraction of sp³-hybridized carbons (Fsp3) is 0.111. The second-order valence-corrected chi connectivity index (χ2v) is 13.6. The number of rotatable bonds is 6. The van der Waals surface area contributed by atoms with Crippen molar-refractivity contribution < 1.29 is 4.42 Å². The number of hydrogen-bond acceptors (Lipinski definition) is 3. The van der Waals surface area contributed by atoms with E-state index in [2.05, 4.69) is 134 Å². The van der Waals surface area contributed by atoms with Crippen molar-refractivity contribution in [2.75, 3.05) is 0 Å². The number of para-hydroxylation sites is 1. The van der Waals surface area contributed by atoms with E-state index < -0.39 is 0 Å². The van der Waals surface area contributed by atoms with E-state index in [0.717, 1.165) is 39.6 Å². The maximum atomic E-state index is 6.87. The molecule has 7 aromatic carbocycles. The lowest BCUT2D eigenvalue weighted by molar-refractivity contribution is 0.659. The van der Waals surface area contributed by atoms with Crippen molar-refractivity contribution in [2.24, 2.45) is 5.73 Å². The minimum absolute atomic E-state index is 0.127. The van der Waals surface area contributed by atoms with Crippen LogP contribution in [0.4, 0.5) is 0 Å². The lowest BCUT2D eigenvalue weighted by Gasteiger charge is -2.23. The number of fused-ring (bicyclic) bond motifs is 8. The maximum absolute atomic E-state index is 6.87. The zero-order valence-electron chi connectivity index (χ0n) is 27.1. The van der Waals surface area contributed by atoms with Gasteiger partial charge in [0.25, 0.3) is 0 Å². The smallest absolute Gasteiger partial charge is 0.136 e. The Morgan fingerprint density at radius 1 is 0.667 bits per heavy atom. The quantitative estimate of drug-likeness (QED) is 0.182. The zero-order chi connectivity index (χ0) is 32.4. The van der Waals surface area contributed by atoms with Gasteiger partial charge in [0.1, 0.15) is 17.3 Å². The minimum atomic E-state index is -0.363. The molecule has 9 rings (SSSR count). The van der Waals surface area contributed by atoms with Gasteiger partial charge < -0.3 is 15.5 Å². The average molecular weight is 621 g/mol. The lowest BCUT2D eigenvalue weighted by atomic mass is 9.81. The first-order valence-electron chi connectivity index (χ1n) is 16.7. The topological polar surface area (TPSA) is 51.2 Å². The van der Waals surface area contributed by atoms with E-state index in [1.54, 1.807) is 0 Å². The molecule has 0 aliphatic heterocycles. The summed E-state index contributed by atoms with van der Waals surface area (Å²) in [5.74, 6) is 0. The highest BCUT2D eigenvalue weighted by atomic mass is 16.3. The first kappa shape index (κ1) is 28.6. The molecule has 1 heterocycles. The summed E-state index contributed by atoms with van der Waals surface area (Å²) in [4.78, 5) is 0. The Morgan fingerprint density at radius 2 is 1.42 bits per heavy atom. The Kier molecular flexibility index (Phi) is 6.53. The summed E-state index contributed by atoms with van der Waals surface area (Å²) < 4.78 is 6.16. The van der Waals surface area contributed by atoms with Gasteiger partial charge in [-0.3, -0.25) is 0 Å². The Morgan fingerprint density at radius 3 is 2.27 bits per heavy atom. The summed E-state index contributed by atoms with van der Waals surface area (Å²) in [6.45, 7) is 4.69. The summed E-state index contributed by atoms with van der Waals surface area (Å²) in [6.07, 6.45) is 2.71. The van der Waals surface area contributed by atoms with Crippen LogP contribution in [-0.2, 0) is 11.8 Å². The average Bonchev–Trinajstić information content (AvgIpc) is 3.59. The van der Waals surface area contributed by atoms with Crippen LogP contribution in [0.3, 0.4) is 0 Å². The summed E-state index contributed by atoms with van der Waals surface area (Å²) in [6, 6.07) is 49.9. The molecule has 0 fully saturated rings. The number of allylic oxidation sites excluding steroid dienone is 1. The fourth-order valence-corrected chi connectivity index (χ4v) is 7.72. The number of furan rings is 1. The van der Waals surface area contributed by atoms with E-state index in [1.165, 1.54) is 54.9 Å². The highest BCUT2D eigenvalue weighted by molar-refractivity contribution is 6.10. The van der Waals surface area contributed by atoms with Crippen LogP contribution >= 0.6 is 0 Å². The number of nitrogens with one attached hydrogen (secondary N) is 1. The van der Waals surface area contributed by atoms with Gasteiger partial charge in [0, 0.05) is 27.4 Å². The molecule has 1 unspecified atom stereocenters. The molecule has 3 N–H and O–H groups in total. The Labute approximate surface area is 280 Å². The van der Waals surface area contributed by atoms with Crippen LogP contribution in [0.2, 0.25) is 0 Å². The monoisotopic (exact) mass is 620 g/mol. The summed E-state index contributed by atoms with van der Waals surface area (Å²) >= 11 is 0. The fourth-order valence-electron chi connectivity index (χ4n) is 7.72. The third kappa shape index (κ3) is 4.62. The van der Waals surface area contributed by atoms with Gasteiger partial charge in [-0.2, -0.15) is 0 Å². The molecule has 48 heavy (non-hydrogen) atoms. The molecular formula is C45H36N2O. The standard InChI is InChI=1S/C45H36N2O/c1-45(2)38-17-10-16-35(43(38)37-24-30-13-6-7-14-31(30)26-39(37)45)40(47-44(46)29-11-4-3-5-12-29)22-20-28-19-21-32-27-42-36(25-33(32)23-28)34-15-8-9-18-41(34)48-42/h3-19,21-27,44,47H,20,46H2,1-2H3/b40-22-. The lowest BCUT2D eigenvalue weighted by Crippen LogP contribution is -2.28. The van der Waals surface area contributed by atoms with Gasteiger partial charge in [0.15, 0.2) is 0 Å². The molecule has 1 aliphatic rings. The van der Waals surface area contributed by atoms with Crippen LogP contribution in [0, 0.1) is 0 Å². The van der Waals surface area contributed by atoms with Crippen LogP contribution < -0.4 is 11.1 Å². The molecule has 0 bridgehead atoms. The van der Waals surface area contributed by atoms with Gasteiger partial charge in [0.2, 0.25) is 0 Å². The molecule has 1 aliphatic carbocycles. The summed E-state index contributed by atoms with van der Waals surface area (Å²) in [5, 5.41) is 11.0. The number of nitrogens with two attached hydrogens (primary N) is 1. The van der Waals surface area contributed by atoms with Crippen molar-refractivity contribution in [1.82, 2.24) is 5.32 Å². The molecule has 1 atom stereocenters. The second-order valence-electron chi connectivity index (χ2n) is 13.6. The molecule has 0 saturated heterocycles. The largest absolute Gasteiger partial charge is 0.456 e. The molecule has 232 valence electrons. The van der Waals surface area contributed by atoms with Crippen molar-refractivity contribution in [2.45, 2.75) is 31.8 Å². The SMILES string of the molecule is CC1(C)c2cc3ccccc3cc2-c2c(/C(=C/Cc3ccc4cc5oc6ccccc6c5cc4c3)NC(N)c3ccccc3)cccc21. The van der Waals surface area contributed by atoms with Crippen LogP contribution in [0.5, 0.6) is 0 Å². The molecule has 3 heteroatoms. The van der Waals surface area contributed by atoms with E-state index in [0.29, 0.717) is 0 Å². The molecule has 0 radical (unpaired) electrons. The highest BCUT2D eigenvalue weighted by Gasteiger charge is 2.37. The Hall–Kier alpha value is -5.64. The van der Waals surface area contributed by atoms with E-state index in [1.807, 2.05) is 30.3 Å². The minimum Gasteiger partial charge on any atom is -0.456 e. The van der Waals surface area contributed by atoms with Gasteiger partial charge in [-0.25, -0.2) is 0 Å². The maximum Gasteiger partial charge on any atom is 0.136 e. The normalized spacial score (nSPS) is 14.4. The van der Waals surface area contributed by atoms with E-state index >= 15 is 0 Å². The van der Waals surface area contributed by atoms with Crippen molar-refractivity contribution in [3.05, 3.63) is 173 Å². The molecule has 3 nitrogen and oxygen atoms in total. The second kappa shape index (κ2) is 11.0. The predicted octanol–water partition coefficient (Wildman–Crippen LogP) is 11.0. The van der Waals surface area contributed by atoms with Crippen LogP contribution in [0.1, 0.15) is 47.8 Å². The van der Waals surface area contributed by atoms with Gasteiger partial charge >= 0.3 is 0 Å². The zero-order valence-corrected chi connectivity index (χ0v) is 27.1. The van der Waals surface area contributed by atoms with Crippen molar-refractivity contribution in [3.8, 4) is 11.1 Å². The molecule has 0 amide bonds. The highest BCUT2D eigenvalue weighted by Crippen LogP contribution is 2.52. The first-order chi connectivity index (χ1) is 23.4. The van der Waals surface area contributed by atoms with Crippen molar-refractivity contribution in [1.29, 1.82) is 0 Å². The summed E-state index contributed by atoms with van der Waals surface area (Å²) in [7, 11) is 0. The summed E-state index contributed by atoms with van der Waals surface area (Å²) in [5.41, 5.74) is 18.4. The van der Waals surface area contributed by atoms with Gasteiger partial charge in [-0.15, -0.1) is 0 Å². The Bertz CT molecular complexity index is 2560. The molecule has 8 aromatic rings. The Balaban J connectivity index is 1.17. The number of benzene rings is 7. The number of hydrogen-bond donors (Lipinski definition) is 2. The van der Waals surface area contributed by atoms with Crippen LogP contribution in [0.25, 0.3) is 60.3 Å². The molecule has 0 spiro atoms. The van der Waals surface area contributed by atoms with Crippen molar-refractivity contribution in [3.63, 3.8) is 0 Å². The van der Waals surface area contributed by atoms with Crippen LogP contribution in [-0.4, -0.2) is 0 Å². The van der Waals surface area contributed by atoms with E-state index in [4.69, 9.17) is 10.2 Å². The van der Waals surface area contributed by atoms with E-state index in [9.17, 15) is 0 Å². The van der Waals surface area contributed by atoms with Gasteiger partial charge in [-0.05, 0) is 91.7 Å². The third-order valence-corrected chi connectivity index (χ3v) is 10.3. The molecular weight excluding hydrogens is 585 g/mol. The third-order valence-electron chi connectivity index (χ3n) is 10.3. The molecule has 1 aromatic heterocycles. The van der Waals surface area contributed by atoms with Gasteiger partial charge in [0.05, 0.1) is 0 Å². The van der Waals surface area contributed by atoms with Gasteiger partial charge in [-0.1, -0.05) is 129 Å². The van der Waals surface area contributed by atoms with Crippen LogP contribution in [0.15, 0.2) is 150 Å².